The minimum atomic E-state index is -0.449. The summed E-state index contributed by atoms with van der Waals surface area (Å²) < 4.78 is 16.9. The summed E-state index contributed by atoms with van der Waals surface area (Å²) in [5.74, 6) is 1.29. The van der Waals surface area contributed by atoms with E-state index in [0.717, 1.165) is 11.3 Å². The van der Waals surface area contributed by atoms with Crippen LogP contribution >= 0.6 is 12.2 Å². The van der Waals surface area contributed by atoms with Crippen molar-refractivity contribution in [2.45, 2.75) is 19.8 Å². The van der Waals surface area contributed by atoms with Crippen LogP contribution in [0.1, 0.15) is 35.7 Å². The van der Waals surface area contributed by atoms with E-state index >= 15 is 0 Å². The first-order chi connectivity index (χ1) is 17.4. The van der Waals surface area contributed by atoms with E-state index < -0.39 is 11.8 Å². The van der Waals surface area contributed by atoms with Crippen molar-refractivity contribution in [2.75, 3.05) is 19.8 Å². The van der Waals surface area contributed by atoms with Gasteiger partial charge in [-0.2, -0.15) is 0 Å². The van der Waals surface area contributed by atoms with Crippen LogP contribution in [-0.2, 0) is 4.79 Å². The third-order valence-corrected chi connectivity index (χ3v) is 5.11. The first-order valence-corrected chi connectivity index (χ1v) is 11.9. The lowest BCUT2D eigenvalue weighted by Crippen LogP contribution is -2.49. The van der Waals surface area contributed by atoms with Crippen LogP contribution in [0, 0.1) is 0 Å². The summed E-state index contributed by atoms with van der Waals surface area (Å²) in [5.41, 5.74) is 6.27. The number of amides is 2. The zero-order chi connectivity index (χ0) is 25.8. The van der Waals surface area contributed by atoms with Crippen molar-refractivity contribution in [1.29, 1.82) is 0 Å². The molecule has 0 radical (unpaired) electrons. The highest BCUT2D eigenvalue weighted by atomic mass is 32.1. The second-order valence-corrected chi connectivity index (χ2v) is 8.38. The van der Waals surface area contributed by atoms with E-state index in [0.29, 0.717) is 30.3 Å². The molecule has 3 rings (SSSR count). The molecule has 0 aliphatic heterocycles. The highest BCUT2D eigenvalue weighted by molar-refractivity contribution is 7.80. The van der Waals surface area contributed by atoms with Gasteiger partial charge in [-0.05, 0) is 60.1 Å². The van der Waals surface area contributed by atoms with Gasteiger partial charge in [0.2, 0.25) is 0 Å². The molecule has 0 saturated carbocycles. The molecule has 9 heteroatoms. The SMILES string of the molecule is CC(C)c1ccccc1OCC(=O)NNC(=S)NC(=O)c1cccc(OCCOc2ccccc2)c1. The Morgan fingerprint density at radius 1 is 0.806 bits per heavy atom. The lowest BCUT2D eigenvalue weighted by Gasteiger charge is -2.14. The fraction of sp³-hybridized carbons (Fsp3) is 0.222. The highest BCUT2D eigenvalue weighted by Crippen LogP contribution is 2.25. The van der Waals surface area contributed by atoms with Crippen molar-refractivity contribution < 1.29 is 23.8 Å². The fourth-order valence-electron chi connectivity index (χ4n) is 3.16. The van der Waals surface area contributed by atoms with Crippen LogP contribution in [0.5, 0.6) is 17.2 Å². The summed E-state index contributed by atoms with van der Waals surface area (Å²) in [6, 6.07) is 23.6. The van der Waals surface area contributed by atoms with Crippen LogP contribution in [0.15, 0.2) is 78.9 Å². The van der Waals surface area contributed by atoms with Crippen molar-refractivity contribution in [1.82, 2.24) is 16.2 Å². The standard InChI is InChI=1S/C27H29N3O5S/c1-19(2)23-13-6-7-14-24(23)35-18-25(31)29-30-27(36)28-26(32)20-9-8-12-22(17-20)34-16-15-33-21-10-4-3-5-11-21/h3-14,17,19H,15-16,18H2,1-2H3,(H,29,31)(H2,28,30,32,36). The highest BCUT2D eigenvalue weighted by Gasteiger charge is 2.12. The number of hydrogen-bond donors (Lipinski definition) is 3. The molecule has 0 unspecified atom stereocenters. The normalized spacial score (nSPS) is 10.3. The molecule has 188 valence electrons. The maximum Gasteiger partial charge on any atom is 0.276 e. The average molecular weight is 508 g/mol. The van der Waals surface area contributed by atoms with Gasteiger partial charge in [-0.15, -0.1) is 0 Å². The smallest absolute Gasteiger partial charge is 0.276 e. The molecule has 8 nitrogen and oxygen atoms in total. The summed E-state index contributed by atoms with van der Waals surface area (Å²) in [6.07, 6.45) is 0. The van der Waals surface area contributed by atoms with Gasteiger partial charge in [0.25, 0.3) is 11.8 Å². The molecule has 0 aliphatic carbocycles. The van der Waals surface area contributed by atoms with E-state index in [1.54, 1.807) is 24.3 Å². The summed E-state index contributed by atoms with van der Waals surface area (Å²) in [7, 11) is 0. The summed E-state index contributed by atoms with van der Waals surface area (Å²) >= 11 is 5.10. The van der Waals surface area contributed by atoms with E-state index in [2.05, 4.69) is 16.2 Å². The third kappa shape index (κ3) is 8.59. The lowest BCUT2D eigenvalue weighted by molar-refractivity contribution is -0.123. The van der Waals surface area contributed by atoms with Gasteiger partial charge in [-0.1, -0.05) is 56.3 Å². The zero-order valence-electron chi connectivity index (χ0n) is 20.2. The Morgan fingerprint density at radius 3 is 2.22 bits per heavy atom. The van der Waals surface area contributed by atoms with Crippen LogP contribution in [-0.4, -0.2) is 36.7 Å². The van der Waals surface area contributed by atoms with Crippen molar-refractivity contribution in [2.24, 2.45) is 0 Å². The zero-order valence-corrected chi connectivity index (χ0v) is 21.0. The van der Waals surface area contributed by atoms with Gasteiger partial charge in [0.15, 0.2) is 11.7 Å². The van der Waals surface area contributed by atoms with Crippen LogP contribution in [0.2, 0.25) is 0 Å². The van der Waals surface area contributed by atoms with Crippen molar-refractivity contribution in [3.8, 4) is 17.2 Å². The first kappa shape index (κ1) is 26.5. The summed E-state index contributed by atoms with van der Waals surface area (Å²) in [4.78, 5) is 24.6. The predicted molar refractivity (Wildman–Crippen MR) is 141 cm³/mol. The van der Waals surface area contributed by atoms with Gasteiger partial charge in [0.1, 0.15) is 30.5 Å². The molecule has 0 atom stereocenters. The minimum absolute atomic E-state index is 0.0569. The summed E-state index contributed by atoms with van der Waals surface area (Å²) in [6.45, 7) is 4.57. The van der Waals surface area contributed by atoms with E-state index in [9.17, 15) is 9.59 Å². The number of rotatable bonds is 10. The Balaban J connectivity index is 1.39. The quantitative estimate of drug-likeness (QED) is 0.217. The molecule has 36 heavy (non-hydrogen) atoms. The molecule has 3 aromatic rings. The number of carbonyl (C=O) groups excluding carboxylic acids is 2. The van der Waals surface area contributed by atoms with Crippen LogP contribution in [0.3, 0.4) is 0 Å². The maximum atomic E-state index is 12.5. The number of thiocarbonyl (C=S) groups is 1. The van der Waals surface area contributed by atoms with Crippen LogP contribution in [0.4, 0.5) is 0 Å². The second kappa shape index (κ2) is 13.7. The molecule has 0 heterocycles. The molecule has 3 N–H and O–H groups in total. The molecule has 2 amide bonds. The minimum Gasteiger partial charge on any atom is -0.490 e. The molecule has 0 saturated heterocycles. The van der Waals surface area contributed by atoms with Crippen LogP contribution in [0.25, 0.3) is 0 Å². The molecular weight excluding hydrogens is 478 g/mol. The van der Waals surface area contributed by atoms with Gasteiger partial charge in [0, 0.05) is 5.56 Å². The number of para-hydroxylation sites is 2. The number of benzene rings is 3. The first-order valence-electron chi connectivity index (χ1n) is 11.4. The van der Waals surface area contributed by atoms with Crippen molar-refractivity contribution >= 4 is 29.1 Å². The fourth-order valence-corrected chi connectivity index (χ4v) is 3.31. The number of hydrazine groups is 1. The molecule has 0 spiro atoms. The van der Waals surface area contributed by atoms with Gasteiger partial charge >= 0.3 is 0 Å². The molecule has 0 aliphatic rings. The van der Waals surface area contributed by atoms with Gasteiger partial charge in [-0.25, -0.2) is 0 Å². The number of nitrogens with one attached hydrogen (secondary N) is 3. The average Bonchev–Trinajstić information content (AvgIpc) is 2.89. The number of carbonyl (C=O) groups is 2. The Hall–Kier alpha value is -4.11. The Bertz CT molecular complexity index is 1170. The van der Waals surface area contributed by atoms with E-state index in [1.807, 2.05) is 68.4 Å². The number of hydrogen-bond acceptors (Lipinski definition) is 6. The second-order valence-electron chi connectivity index (χ2n) is 7.98. The Labute approximate surface area is 215 Å². The van der Waals surface area contributed by atoms with Gasteiger partial charge in [-0.3, -0.25) is 25.8 Å². The van der Waals surface area contributed by atoms with Gasteiger partial charge < -0.3 is 14.2 Å². The molecule has 0 fully saturated rings. The summed E-state index contributed by atoms with van der Waals surface area (Å²) in [5, 5.41) is 2.45. The lowest BCUT2D eigenvalue weighted by atomic mass is 10.0. The largest absolute Gasteiger partial charge is 0.490 e. The molecular formula is C27H29N3O5S. The van der Waals surface area contributed by atoms with Crippen molar-refractivity contribution in [3.63, 3.8) is 0 Å². The Morgan fingerprint density at radius 2 is 1.47 bits per heavy atom. The van der Waals surface area contributed by atoms with Crippen molar-refractivity contribution in [3.05, 3.63) is 90.0 Å². The van der Waals surface area contributed by atoms with E-state index in [4.69, 9.17) is 26.4 Å². The molecule has 0 aromatic heterocycles. The van der Waals surface area contributed by atoms with E-state index in [-0.39, 0.29) is 17.6 Å². The molecule has 0 bridgehead atoms. The maximum absolute atomic E-state index is 12.5. The third-order valence-electron chi connectivity index (χ3n) is 4.90. The van der Waals surface area contributed by atoms with Gasteiger partial charge in [0.05, 0.1) is 0 Å². The monoisotopic (exact) mass is 507 g/mol. The molecule has 3 aromatic carbocycles. The topological polar surface area (TPSA) is 97.9 Å². The van der Waals surface area contributed by atoms with Crippen LogP contribution < -0.4 is 30.4 Å². The number of ether oxygens (including phenoxy) is 3. The predicted octanol–water partition coefficient (Wildman–Crippen LogP) is 3.98. The van der Waals surface area contributed by atoms with E-state index in [1.165, 1.54) is 0 Å². The Kier molecular flexibility index (Phi) is 10.1.